The lowest BCUT2D eigenvalue weighted by atomic mass is 10.1. The molecule has 1 aromatic carbocycles. The predicted molar refractivity (Wildman–Crippen MR) is 101 cm³/mol. The fraction of sp³-hybridized carbons (Fsp3) is 0.316. The average molecular weight is 336 g/mol. The third kappa shape index (κ3) is 3.63. The van der Waals surface area contributed by atoms with E-state index in [1.807, 2.05) is 49.1 Å². The van der Waals surface area contributed by atoms with E-state index in [1.54, 1.807) is 7.05 Å². The van der Waals surface area contributed by atoms with Crippen LogP contribution >= 0.6 is 0 Å². The Morgan fingerprint density at radius 1 is 1.12 bits per heavy atom. The van der Waals surface area contributed by atoms with Crippen molar-refractivity contribution in [3.05, 3.63) is 59.0 Å². The summed E-state index contributed by atoms with van der Waals surface area (Å²) in [4.78, 5) is 8.72. The molecule has 2 N–H and O–H groups in total. The molecule has 0 aliphatic heterocycles. The number of guanidine groups is 1. The number of aromatic nitrogens is 3. The van der Waals surface area contributed by atoms with Crippen LogP contribution in [0.5, 0.6) is 0 Å². The second kappa shape index (κ2) is 7.34. The molecule has 0 spiro atoms. The Balaban J connectivity index is 1.67. The number of rotatable bonds is 4. The van der Waals surface area contributed by atoms with Crippen LogP contribution in [0.3, 0.4) is 0 Å². The van der Waals surface area contributed by atoms with Gasteiger partial charge in [-0.1, -0.05) is 18.2 Å². The van der Waals surface area contributed by atoms with Crippen LogP contribution in [0.15, 0.2) is 41.5 Å². The van der Waals surface area contributed by atoms with Crippen LogP contribution in [-0.4, -0.2) is 27.8 Å². The molecule has 0 amide bonds. The maximum Gasteiger partial charge on any atom is 0.191 e. The summed E-state index contributed by atoms with van der Waals surface area (Å²) in [5.74, 6) is 0.767. The standard InChI is InChI=1S/C19H24N6/c1-13-17(14(2)25(4)24-13)12-23-19(20-3)22-11-15-9-10-21-18-8-6-5-7-16(15)18/h5-10H,11-12H2,1-4H3,(H2,20,22,23). The molecule has 3 aromatic rings. The summed E-state index contributed by atoms with van der Waals surface area (Å²) in [7, 11) is 3.75. The molecule has 3 rings (SSSR count). The largest absolute Gasteiger partial charge is 0.352 e. The van der Waals surface area contributed by atoms with Gasteiger partial charge in [-0.15, -0.1) is 0 Å². The fourth-order valence-corrected chi connectivity index (χ4v) is 2.95. The molecule has 130 valence electrons. The van der Waals surface area contributed by atoms with Gasteiger partial charge >= 0.3 is 0 Å². The normalized spacial score (nSPS) is 11.8. The van der Waals surface area contributed by atoms with Crippen molar-refractivity contribution < 1.29 is 0 Å². The second-order valence-corrected chi connectivity index (χ2v) is 6.04. The van der Waals surface area contributed by atoms with Crippen molar-refractivity contribution in [3.8, 4) is 0 Å². The molecule has 25 heavy (non-hydrogen) atoms. The summed E-state index contributed by atoms with van der Waals surface area (Å²) in [6, 6.07) is 10.2. The molecule has 0 fully saturated rings. The molecule has 0 saturated heterocycles. The number of nitrogens with zero attached hydrogens (tertiary/aromatic N) is 4. The molecule has 0 saturated carbocycles. The Hall–Kier alpha value is -2.89. The molecule has 0 radical (unpaired) electrons. The van der Waals surface area contributed by atoms with Gasteiger partial charge < -0.3 is 10.6 Å². The summed E-state index contributed by atoms with van der Waals surface area (Å²) in [5.41, 5.74) is 5.62. The van der Waals surface area contributed by atoms with E-state index in [0.717, 1.165) is 22.6 Å². The zero-order chi connectivity index (χ0) is 17.8. The number of aliphatic imine (C=N–C) groups is 1. The van der Waals surface area contributed by atoms with E-state index in [0.29, 0.717) is 13.1 Å². The maximum atomic E-state index is 4.45. The summed E-state index contributed by atoms with van der Waals surface area (Å²) >= 11 is 0. The van der Waals surface area contributed by atoms with Gasteiger partial charge in [0.2, 0.25) is 0 Å². The van der Waals surface area contributed by atoms with Gasteiger partial charge in [0, 0.05) is 50.0 Å². The van der Waals surface area contributed by atoms with E-state index in [1.165, 1.54) is 16.8 Å². The lowest BCUT2D eigenvalue weighted by Gasteiger charge is -2.13. The molecule has 6 nitrogen and oxygen atoms in total. The minimum absolute atomic E-state index is 0.688. The van der Waals surface area contributed by atoms with Gasteiger partial charge in [-0.25, -0.2) is 0 Å². The zero-order valence-corrected chi connectivity index (χ0v) is 15.2. The first kappa shape index (κ1) is 17.0. The van der Waals surface area contributed by atoms with E-state index in [2.05, 4.69) is 38.7 Å². The molecule has 2 aromatic heterocycles. The van der Waals surface area contributed by atoms with Crippen LogP contribution in [0.1, 0.15) is 22.5 Å². The van der Waals surface area contributed by atoms with Crippen LogP contribution in [-0.2, 0) is 20.1 Å². The SMILES string of the molecule is CN=C(NCc1c(C)nn(C)c1C)NCc1ccnc2ccccc12. The number of hydrogen-bond acceptors (Lipinski definition) is 3. The Morgan fingerprint density at radius 2 is 1.88 bits per heavy atom. The fourth-order valence-electron chi connectivity index (χ4n) is 2.95. The molecule has 0 aliphatic carbocycles. The van der Waals surface area contributed by atoms with Crippen molar-refractivity contribution in [1.82, 2.24) is 25.4 Å². The maximum absolute atomic E-state index is 4.45. The topological polar surface area (TPSA) is 67.1 Å². The van der Waals surface area contributed by atoms with Gasteiger partial charge in [-0.3, -0.25) is 14.7 Å². The van der Waals surface area contributed by atoms with E-state index < -0.39 is 0 Å². The zero-order valence-electron chi connectivity index (χ0n) is 15.2. The first-order valence-electron chi connectivity index (χ1n) is 8.36. The van der Waals surface area contributed by atoms with Gasteiger partial charge in [0.05, 0.1) is 11.2 Å². The van der Waals surface area contributed by atoms with Crippen LogP contribution in [0, 0.1) is 13.8 Å². The van der Waals surface area contributed by atoms with Crippen LogP contribution < -0.4 is 10.6 Å². The molecule has 0 atom stereocenters. The van der Waals surface area contributed by atoms with Crippen LogP contribution in [0.4, 0.5) is 0 Å². The Labute approximate surface area is 148 Å². The van der Waals surface area contributed by atoms with Gasteiger partial charge in [-0.05, 0) is 31.5 Å². The average Bonchev–Trinajstić information content (AvgIpc) is 2.87. The Morgan fingerprint density at radius 3 is 2.60 bits per heavy atom. The number of benzene rings is 1. The van der Waals surface area contributed by atoms with Crippen molar-refractivity contribution in [3.63, 3.8) is 0 Å². The van der Waals surface area contributed by atoms with Crippen molar-refractivity contribution in [2.24, 2.45) is 12.0 Å². The van der Waals surface area contributed by atoms with Gasteiger partial charge in [0.25, 0.3) is 0 Å². The molecule has 2 heterocycles. The number of nitrogens with one attached hydrogen (secondary N) is 2. The molecule has 0 bridgehead atoms. The highest BCUT2D eigenvalue weighted by Gasteiger charge is 2.10. The number of para-hydroxylation sites is 1. The third-order valence-corrected chi connectivity index (χ3v) is 4.50. The highest BCUT2D eigenvalue weighted by molar-refractivity contribution is 5.83. The molecular formula is C19H24N6. The van der Waals surface area contributed by atoms with E-state index in [9.17, 15) is 0 Å². The number of hydrogen-bond donors (Lipinski definition) is 2. The van der Waals surface area contributed by atoms with E-state index in [4.69, 9.17) is 0 Å². The van der Waals surface area contributed by atoms with E-state index in [-0.39, 0.29) is 0 Å². The van der Waals surface area contributed by atoms with Crippen LogP contribution in [0.2, 0.25) is 0 Å². The molecular weight excluding hydrogens is 312 g/mol. The van der Waals surface area contributed by atoms with Crippen molar-refractivity contribution in [1.29, 1.82) is 0 Å². The van der Waals surface area contributed by atoms with Crippen LogP contribution in [0.25, 0.3) is 10.9 Å². The van der Waals surface area contributed by atoms with Gasteiger partial charge in [-0.2, -0.15) is 5.10 Å². The van der Waals surface area contributed by atoms with Crippen molar-refractivity contribution in [2.75, 3.05) is 7.05 Å². The smallest absolute Gasteiger partial charge is 0.191 e. The van der Waals surface area contributed by atoms with E-state index >= 15 is 0 Å². The van der Waals surface area contributed by atoms with Crippen molar-refractivity contribution in [2.45, 2.75) is 26.9 Å². The molecule has 0 aliphatic rings. The Kier molecular flexibility index (Phi) is 4.97. The highest BCUT2D eigenvalue weighted by Crippen LogP contribution is 2.16. The molecule has 0 unspecified atom stereocenters. The summed E-state index contributed by atoms with van der Waals surface area (Å²) in [6.45, 7) is 5.50. The summed E-state index contributed by atoms with van der Waals surface area (Å²) in [6.07, 6.45) is 1.85. The minimum Gasteiger partial charge on any atom is -0.352 e. The minimum atomic E-state index is 0.688. The van der Waals surface area contributed by atoms with Gasteiger partial charge in [0.1, 0.15) is 0 Å². The third-order valence-electron chi connectivity index (χ3n) is 4.50. The summed E-state index contributed by atoms with van der Waals surface area (Å²) in [5, 5.41) is 12.4. The predicted octanol–water partition coefficient (Wildman–Crippen LogP) is 2.45. The lowest BCUT2D eigenvalue weighted by molar-refractivity contribution is 0.728. The highest BCUT2D eigenvalue weighted by atomic mass is 15.3. The van der Waals surface area contributed by atoms with Gasteiger partial charge in [0.15, 0.2) is 5.96 Å². The number of aryl methyl sites for hydroxylation is 2. The molecule has 6 heteroatoms. The second-order valence-electron chi connectivity index (χ2n) is 6.04. The number of fused-ring (bicyclic) bond motifs is 1. The first-order chi connectivity index (χ1) is 12.1. The monoisotopic (exact) mass is 336 g/mol. The lowest BCUT2D eigenvalue weighted by Crippen LogP contribution is -2.36. The summed E-state index contributed by atoms with van der Waals surface area (Å²) < 4.78 is 1.91. The van der Waals surface area contributed by atoms with Crippen molar-refractivity contribution >= 4 is 16.9 Å². The first-order valence-corrected chi connectivity index (χ1v) is 8.36. The Bertz CT molecular complexity index is 904. The number of pyridine rings is 1. The quantitative estimate of drug-likeness (QED) is 0.567.